The fourth-order valence-corrected chi connectivity index (χ4v) is 5.80. The first-order valence-corrected chi connectivity index (χ1v) is 10.9. The van der Waals surface area contributed by atoms with Crippen molar-refractivity contribution in [2.24, 2.45) is 0 Å². The van der Waals surface area contributed by atoms with Crippen molar-refractivity contribution in [3.8, 4) is 0 Å². The van der Waals surface area contributed by atoms with Crippen molar-refractivity contribution >= 4 is 27.5 Å². The summed E-state index contributed by atoms with van der Waals surface area (Å²) in [6.45, 7) is 1.83. The first-order chi connectivity index (χ1) is 12.0. The van der Waals surface area contributed by atoms with Crippen molar-refractivity contribution in [2.45, 2.75) is 43.8 Å². The van der Waals surface area contributed by atoms with Crippen molar-refractivity contribution in [2.75, 3.05) is 26.2 Å². The number of benzene rings is 1. The minimum atomic E-state index is -3.19. The number of amides is 1. The average molecular weight is 385 g/mol. The predicted octanol–water partition coefficient (Wildman–Crippen LogP) is 2.69. The normalized spacial score (nSPS) is 20.1. The van der Waals surface area contributed by atoms with E-state index < -0.39 is 10.0 Å². The smallest absolute Gasteiger partial charge is 0.222 e. The molecule has 2 aliphatic rings. The molecule has 0 unspecified atom stereocenters. The zero-order valence-electron chi connectivity index (χ0n) is 14.4. The van der Waals surface area contributed by atoms with E-state index in [0.29, 0.717) is 44.0 Å². The quantitative estimate of drug-likeness (QED) is 0.784. The van der Waals surface area contributed by atoms with Crippen LogP contribution in [0.15, 0.2) is 24.3 Å². The number of sulfonamides is 1. The highest BCUT2D eigenvalue weighted by atomic mass is 35.5. The summed E-state index contributed by atoms with van der Waals surface area (Å²) in [6, 6.07) is 7.52. The van der Waals surface area contributed by atoms with Crippen LogP contribution in [-0.2, 0) is 21.2 Å². The Morgan fingerprint density at radius 3 is 2.24 bits per heavy atom. The fourth-order valence-electron chi connectivity index (χ4n) is 3.65. The maximum atomic E-state index is 12.6. The summed E-state index contributed by atoms with van der Waals surface area (Å²) in [5.41, 5.74) is 1.08. The van der Waals surface area contributed by atoms with Gasteiger partial charge in [0.05, 0.1) is 5.25 Å². The van der Waals surface area contributed by atoms with E-state index >= 15 is 0 Å². The van der Waals surface area contributed by atoms with Gasteiger partial charge >= 0.3 is 0 Å². The van der Waals surface area contributed by atoms with Gasteiger partial charge in [-0.05, 0) is 37.0 Å². The van der Waals surface area contributed by atoms with E-state index in [1.807, 2.05) is 24.3 Å². The highest BCUT2D eigenvalue weighted by molar-refractivity contribution is 7.89. The maximum absolute atomic E-state index is 12.6. The third-order valence-electron chi connectivity index (χ3n) is 5.22. The number of nitrogens with zero attached hydrogens (tertiary/aromatic N) is 2. The van der Waals surface area contributed by atoms with Gasteiger partial charge in [-0.1, -0.05) is 36.6 Å². The van der Waals surface area contributed by atoms with E-state index in [9.17, 15) is 13.2 Å². The van der Waals surface area contributed by atoms with Gasteiger partial charge in [0.1, 0.15) is 0 Å². The molecule has 0 radical (unpaired) electrons. The number of carbonyl (C=O) groups excluding carboxylic acids is 1. The minimum Gasteiger partial charge on any atom is -0.340 e. The van der Waals surface area contributed by atoms with Crippen LogP contribution < -0.4 is 0 Å². The van der Waals surface area contributed by atoms with Gasteiger partial charge in [0.15, 0.2) is 0 Å². The average Bonchev–Trinajstić information content (AvgIpc) is 3.16. The summed E-state index contributed by atoms with van der Waals surface area (Å²) < 4.78 is 26.8. The summed E-state index contributed by atoms with van der Waals surface area (Å²) in [6.07, 6.45) is 4.69. The zero-order valence-corrected chi connectivity index (χ0v) is 15.9. The van der Waals surface area contributed by atoms with Gasteiger partial charge in [-0.25, -0.2) is 8.42 Å². The second kappa shape index (κ2) is 8.06. The molecular weight excluding hydrogens is 360 g/mol. The summed E-state index contributed by atoms with van der Waals surface area (Å²) in [7, 11) is -3.19. The van der Waals surface area contributed by atoms with E-state index in [-0.39, 0.29) is 11.2 Å². The van der Waals surface area contributed by atoms with Gasteiger partial charge in [-0.2, -0.15) is 4.31 Å². The van der Waals surface area contributed by atoms with Gasteiger partial charge < -0.3 is 4.90 Å². The molecule has 7 heteroatoms. The Morgan fingerprint density at radius 1 is 1.04 bits per heavy atom. The summed E-state index contributed by atoms with van der Waals surface area (Å²) in [5, 5.41) is 0.481. The molecule has 1 aliphatic carbocycles. The largest absolute Gasteiger partial charge is 0.340 e. The molecule has 0 aromatic heterocycles. The van der Waals surface area contributed by atoms with Gasteiger partial charge in [-0.15, -0.1) is 0 Å². The van der Waals surface area contributed by atoms with Crippen LogP contribution in [-0.4, -0.2) is 55.0 Å². The molecule has 0 N–H and O–H groups in total. The van der Waals surface area contributed by atoms with Crippen LogP contribution in [0.3, 0.4) is 0 Å². The Kier molecular flexibility index (Phi) is 6.02. The van der Waals surface area contributed by atoms with Crippen LogP contribution in [0.4, 0.5) is 0 Å². The molecule has 2 fully saturated rings. The van der Waals surface area contributed by atoms with E-state index in [1.54, 1.807) is 9.21 Å². The molecule has 3 rings (SSSR count). The number of halogens is 1. The Bertz CT molecular complexity index is 692. The van der Waals surface area contributed by atoms with Gasteiger partial charge in [-0.3, -0.25) is 4.79 Å². The van der Waals surface area contributed by atoms with Crippen molar-refractivity contribution in [3.05, 3.63) is 34.9 Å². The number of rotatable bonds is 5. The van der Waals surface area contributed by atoms with Crippen LogP contribution in [0.5, 0.6) is 0 Å². The van der Waals surface area contributed by atoms with E-state index in [2.05, 4.69) is 0 Å². The second-order valence-electron chi connectivity index (χ2n) is 6.86. The highest BCUT2D eigenvalue weighted by Crippen LogP contribution is 2.27. The van der Waals surface area contributed by atoms with Crippen LogP contribution in [0, 0.1) is 0 Å². The highest BCUT2D eigenvalue weighted by Gasteiger charge is 2.36. The maximum Gasteiger partial charge on any atom is 0.222 e. The van der Waals surface area contributed by atoms with E-state index in [1.165, 1.54) is 0 Å². The monoisotopic (exact) mass is 384 g/mol. The Hall–Kier alpha value is -1.11. The zero-order chi connectivity index (χ0) is 17.9. The molecule has 1 saturated heterocycles. The molecule has 25 heavy (non-hydrogen) atoms. The standard InChI is InChI=1S/C18H25ClN2O3S/c19-16-8-5-15(6-9-16)7-10-18(22)20-11-13-21(14-12-20)25(23,24)17-3-1-2-4-17/h5-6,8-9,17H,1-4,7,10-14H2. The lowest BCUT2D eigenvalue weighted by atomic mass is 10.1. The number of hydrogen-bond acceptors (Lipinski definition) is 3. The lowest BCUT2D eigenvalue weighted by molar-refractivity contribution is -0.132. The molecule has 1 aromatic rings. The minimum absolute atomic E-state index is 0.0906. The summed E-state index contributed by atoms with van der Waals surface area (Å²) in [4.78, 5) is 14.2. The molecule has 1 aliphatic heterocycles. The van der Waals surface area contributed by atoms with Crippen molar-refractivity contribution in [1.82, 2.24) is 9.21 Å². The van der Waals surface area contributed by atoms with Crippen LogP contribution in [0.1, 0.15) is 37.7 Å². The second-order valence-corrected chi connectivity index (χ2v) is 9.51. The molecule has 1 amide bonds. The topological polar surface area (TPSA) is 57.7 Å². The van der Waals surface area contributed by atoms with E-state index in [4.69, 9.17) is 11.6 Å². The van der Waals surface area contributed by atoms with Crippen molar-refractivity contribution < 1.29 is 13.2 Å². The molecule has 0 spiro atoms. The molecule has 138 valence electrons. The van der Waals surface area contributed by atoms with Gasteiger partial charge in [0.25, 0.3) is 0 Å². The van der Waals surface area contributed by atoms with Gasteiger partial charge in [0, 0.05) is 37.6 Å². The van der Waals surface area contributed by atoms with Crippen molar-refractivity contribution in [3.63, 3.8) is 0 Å². The molecule has 1 aromatic carbocycles. The third kappa shape index (κ3) is 4.54. The molecule has 1 heterocycles. The number of carbonyl (C=O) groups is 1. The Balaban J connectivity index is 1.48. The van der Waals surface area contributed by atoms with Crippen LogP contribution in [0.25, 0.3) is 0 Å². The number of piperazine rings is 1. The first-order valence-electron chi connectivity index (χ1n) is 8.98. The lowest BCUT2D eigenvalue weighted by Gasteiger charge is -2.35. The molecule has 0 atom stereocenters. The van der Waals surface area contributed by atoms with Crippen LogP contribution >= 0.6 is 11.6 Å². The molecule has 1 saturated carbocycles. The lowest BCUT2D eigenvalue weighted by Crippen LogP contribution is -2.52. The van der Waals surface area contributed by atoms with Crippen molar-refractivity contribution in [1.29, 1.82) is 0 Å². The van der Waals surface area contributed by atoms with Gasteiger partial charge in [0.2, 0.25) is 15.9 Å². The Labute approximate surface area is 155 Å². The predicted molar refractivity (Wildman–Crippen MR) is 99.1 cm³/mol. The Morgan fingerprint density at radius 2 is 1.64 bits per heavy atom. The third-order valence-corrected chi connectivity index (χ3v) is 7.87. The fraction of sp³-hybridized carbons (Fsp3) is 0.611. The number of aryl methyl sites for hydroxylation is 1. The molecule has 5 nitrogen and oxygen atoms in total. The summed E-state index contributed by atoms with van der Waals surface area (Å²) in [5.74, 6) is 0.0906. The number of hydrogen-bond donors (Lipinski definition) is 0. The summed E-state index contributed by atoms with van der Waals surface area (Å²) >= 11 is 5.86. The van der Waals surface area contributed by atoms with Crippen LogP contribution in [0.2, 0.25) is 5.02 Å². The van der Waals surface area contributed by atoms with E-state index in [0.717, 1.165) is 31.2 Å². The molecule has 0 bridgehead atoms. The molecular formula is C18H25ClN2O3S. The first kappa shape index (κ1) is 18.7. The SMILES string of the molecule is O=C(CCc1ccc(Cl)cc1)N1CCN(S(=O)(=O)C2CCCC2)CC1.